The van der Waals surface area contributed by atoms with Gasteiger partial charge in [0.05, 0.1) is 19.9 Å². The Hall–Kier alpha value is -1.33. The summed E-state index contributed by atoms with van der Waals surface area (Å²) in [5.41, 5.74) is 3.59. The van der Waals surface area contributed by atoms with Crippen LogP contribution in [-0.2, 0) is 13.1 Å². The summed E-state index contributed by atoms with van der Waals surface area (Å²) in [6.07, 6.45) is 1.94. The van der Waals surface area contributed by atoms with E-state index >= 15 is 0 Å². The Morgan fingerprint density at radius 3 is 2.76 bits per heavy atom. The van der Waals surface area contributed by atoms with Gasteiger partial charge < -0.3 is 10.1 Å². The van der Waals surface area contributed by atoms with Crippen LogP contribution in [0.4, 0.5) is 0 Å². The molecule has 1 aromatic heterocycles. The molecular weight excluding hydrogens is 330 g/mol. The van der Waals surface area contributed by atoms with Gasteiger partial charge in [-0.15, -0.1) is 0 Å². The third kappa shape index (κ3) is 4.08. The minimum Gasteiger partial charge on any atom is -0.497 e. The number of nitrogens with zero attached hydrogens (tertiary/aromatic N) is 2. The fraction of sp³-hybridized carbons (Fsp3) is 0.438. The second-order valence-corrected chi connectivity index (χ2v) is 6.26. The molecular formula is C16H22BrN3O. The number of hydrogen-bond acceptors (Lipinski definition) is 3. The number of aromatic nitrogens is 2. The van der Waals surface area contributed by atoms with Gasteiger partial charge in [-0.1, -0.05) is 29.8 Å². The summed E-state index contributed by atoms with van der Waals surface area (Å²) in [5.74, 6) is 0.861. The molecule has 0 saturated heterocycles. The predicted octanol–water partition coefficient (Wildman–Crippen LogP) is 3.51. The molecule has 114 valence electrons. The minimum atomic E-state index is 0.472. The van der Waals surface area contributed by atoms with E-state index in [1.807, 2.05) is 29.1 Å². The van der Waals surface area contributed by atoms with Gasteiger partial charge in [0, 0.05) is 28.3 Å². The topological polar surface area (TPSA) is 39.1 Å². The Morgan fingerprint density at radius 1 is 1.33 bits per heavy atom. The maximum Gasteiger partial charge on any atom is 0.119 e. The van der Waals surface area contributed by atoms with Gasteiger partial charge in [-0.05, 0) is 30.7 Å². The first-order valence-electron chi connectivity index (χ1n) is 7.08. The molecule has 5 heteroatoms. The summed E-state index contributed by atoms with van der Waals surface area (Å²) in [4.78, 5) is 0. The van der Waals surface area contributed by atoms with Gasteiger partial charge in [0.2, 0.25) is 0 Å². The summed E-state index contributed by atoms with van der Waals surface area (Å²) in [6, 6.07) is 6.47. The van der Waals surface area contributed by atoms with Crippen molar-refractivity contribution in [3.05, 3.63) is 45.7 Å². The van der Waals surface area contributed by atoms with Crippen LogP contribution in [0.5, 0.6) is 5.75 Å². The number of benzene rings is 1. The molecule has 2 aromatic rings. The van der Waals surface area contributed by atoms with E-state index in [0.717, 1.165) is 28.9 Å². The Kier molecular flexibility index (Phi) is 5.42. The van der Waals surface area contributed by atoms with Crippen molar-refractivity contribution in [1.82, 2.24) is 15.1 Å². The molecule has 0 radical (unpaired) electrons. The van der Waals surface area contributed by atoms with Crippen molar-refractivity contribution in [2.75, 3.05) is 7.11 Å². The van der Waals surface area contributed by atoms with Crippen LogP contribution in [0.25, 0.3) is 0 Å². The Morgan fingerprint density at radius 2 is 2.10 bits per heavy atom. The molecule has 0 spiro atoms. The highest BCUT2D eigenvalue weighted by Crippen LogP contribution is 2.23. The molecule has 0 atom stereocenters. The molecule has 0 aliphatic rings. The zero-order valence-electron chi connectivity index (χ0n) is 13.0. The Bertz CT molecular complexity index is 608. The molecule has 1 heterocycles. The fourth-order valence-corrected chi connectivity index (χ4v) is 2.46. The molecule has 4 nitrogen and oxygen atoms in total. The zero-order valence-corrected chi connectivity index (χ0v) is 14.6. The SMILES string of the molecule is COc1ccc(Br)c(Cn2ncc(CNC(C)C)c2C)c1. The summed E-state index contributed by atoms with van der Waals surface area (Å²) in [7, 11) is 1.68. The highest BCUT2D eigenvalue weighted by atomic mass is 79.9. The molecule has 0 bridgehead atoms. The van der Waals surface area contributed by atoms with Crippen LogP contribution in [0.1, 0.15) is 30.7 Å². The van der Waals surface area contributed by atoms with Crippen LogP contribution in [0.3, 0.4) is 0 Å². The van der Waals surface area contributed by atoms with E-state index in [1.54, 1.807) is 7.11 Å². The number of ether oxygens (including phenoxy) is 1. The van der Waals surface area contributed by atoms with E-state index in [4.69, 9.17) is 4.74 Å². The second kappa shape index (κ2) is 7.09. The van der Waals surface area contributed by atoms with Crippen LogP contribution < -0.4 is 10.1 Å². The molecule has 0 amide bonds. The average Bonchev–Trinajstić information content (AvgIpc) is 2.80. The summed E-state index contributed by atoms with van der Waals surface area (Å²) in [6.45, 7) is 7.98. The molecule has 0 aliphatic heterocycles. The smallest absolute Gasteiger partial charge is 0.119 e. The van der Waals surface area contributed by atoms with Crippen molar-refractivity contribution < 1.29 is 4.74 Å². The van der Waals surface area contributed by atoms with Crippen molar-refractivity contribution in [1.29, 1.82) is 0 Å². The zero-order chi connectivity index (χ0) is 15.4. The lowest BCUT2D eigenvalue weighted by Crippen LogP contribution is -2.22. The number of halogens is 1. The average molecular weight is 352 g/mol. The maximum atomic E-state index is 5.29. The first-order valence-corrected chi connectivity index (χ1v) is 7.87. The van der Waals surface area contributed by atoms with Gasteiger partial charge in [-0.3, -0.25) is 4.68 Å². The summed E-state index contributed by atoms with van der Waals surface area (Å²) >= 11 is 3.59. The van der Waals surface area contributed by atoms with Gasteiger partial charge in [0.1, 0.15) is 5.75 Å². The minimum absolute atomic E-state index is 0.472. The number of hydrogen-bond donors (Lipinski definition) is 1. The third-order valence-electron chi connectivity index (χ3n) is 3.48. The van der Waals surface area contributed by atoms with E-state index in [1.165, 1.54) is 11.3 Å². The molecule has 21 heavy (non-hydrogen) atoms. The van der Waals surface area contributed by atoms with E-state index < -0.39 is 0 Å². The van der Waals surface area contributed by atoms with Crippen molar-refractivity contribution in [3.8, 4) is 5.75 Å². The van der Waals surface area contributed by atoms with Gasteiger partial charge in [0.25, 0.3) is 0 Å². The number of nitrogens with one attached hydrogen (secondary N) is 1. The summed E-state index contributed by atoms with van der Waals surface area (Å²) in [5, 5.41) is 7.93. The van der Waals surface area contributed by atoms with Crippen LogP contribution in [-0.4, -0.2) is 22.9 Å². The standard InChI is InChI=1S/C16H22BrN3O/c1-11(2)18-8-14-9-19-20(12(14)3)10-13-7-15(21-4)5-6-16(13)17/h5-7,9,11,18H,8,10H2,1-4H3. The third-order valence-corrected chi connectivity index (χ3v) is 4.25. The lowest BCUT2D eigenvalue weighted by atomic mass is 10.2. The Balaban J connectivity index is 2.16. The van der Waals surface area contributed by atoms with Gasteiger partial charge >= 0.3 is 0 Å². The second-order valence-electron chi connectivity index (χ2n) is 5.41. The molecule has 0 unspecified atom stereocenters. The van der Waals surface area contributed by atoms with E-state index in [2.05, 4.69) is 47.1 Å². The van der Waals surface area contributed by atoms with Crippen LogP contribution >= 0.6 is 15.9 Å². The van der Waals surface area contributed by atoms with Crippen LogP contribution in [0.2, 0.25) is 0 Å². The van der Waals surface area contributed by atoms with Crippen LogP contribution in [0, 0.1) is 6.92 Å². The summed E-state index contributed by atoms with van der Waals surface area (Å²) < 4.78 is 8.38. The molecule has 0 aliphatic carbocycles. The fourth-order valence-electron chi connectivity index (χ4n) is 2.09. The highest BCUT2D eigenvalue weighted by Gasteiger charge is 2.09. The Labute approximate surface area is 134 Å². The van der Waals surface area contributed by atoms with Gasteiger partial charge in [-0.25, -0.2) is 0 Å². The van der Waals surface area contributed by atoms with Crippen molar-refractivity contribution in [2.24, 2.45) is 0 Å². The first-order chi connectivity index (χ1) is 10.0. The quantitative estimate of drug-likeness (QED) is 0.865. The van der Waals surface area contributed by atoms with Gasteiger partial charge in [-0.2, -0.15) is 5.10 Å². The largest absolute Gasteiger partial charge is 0.497 e. The maximum absolute atomic E-state index is 5.29. The molecule has 0 fully saturated rings. The van der Waals surface area contributed by atoms with E-state index in [-0.39, 0.29) is 0 Å². The molecule has 2 rings (SSSR count). The van der Waals surface area contributed by atoms with E-state index in [9.17, 15) is 0 Å². The van der Waals surface area contributed by atoms with Crippen molar-refractivity contribution >= 4 is 15.9 Å². The monoisotopic (exact) mass is 351 g/mol. The van der Waals surface area contributed by atoms with Gasteiger partial charge in [0.15, 0.2) is 0 Å². The highest BCUT2D eigenvalue weighted by molar-refractivity contribution is 9.10. The lowest BCUT2D eigenvalue weighted by molar-refractivity contribution is 0.414. The molecule has 1 N–H and O–H groups in total. The van der Waals surface area contributed by atoms with Crippen molar-refractivity contribution in [3.63, 3.8) is 0 Å². The van der Waals surface area contributed by atoms with E-state index in [0.29, 0.717) is 6.04 Å². The number of methoxy groups -OCH3 is 1. The van der Waals surface area contributed by atoms with Crippen LogP contribution in [0.15, 0.2) is 28.9 Å². The predicted molar refractivity (Wildman–Crippen MR) is 88.7 cm³/mol. The first kappa shape index (κ1) is 16.0. The lowest BCUT2D eigenvalue weighted by Gasteiger charge is -2.10. The number of rotatable bonds is 6. The molecule has 0 saturated carbocycles. The van der Waals surface area contributed by atoms with Crippen molar-refractivity contribution in [2.45, 2.75) is 39.9 Å². The molecule has 1 aromatic carbocycles. The normalized spacial score (nSPS) is 11.1.